The Labute approximate surface area is 232 Å². The van der Waals surface area contributed by atoms with Crippen molar-refractivity contribution in [3.63, 3.8) is 0 Å². The molecule has 0 spiro atoms. The van der Waals surface area contributed by atoms with Gasteiger partial charge in [0, 0.05) is 6.54 Å². The summed E-state index contributed by atoms with van der Waals surface area (Å²) < 4.78 is 18.8. The summed E-state index contributed by atoms with van der Waals surface area (Å²) in [7, 11) is -3.12. The number of hydrogen-bond donors (Lipinski definition) is 2. The average molecular weight is 550 g/mol. The summed E-state index contributed by atoms with van der Waals surface area (Å²) in [4.78, 5) is 24.0. The van der Waals surface area contributed by atoms with Crippen LogP contribution in [0.3, 0.4) is 0 Å². The second-order valence-corrected chi connectivity index (χ2v) is 14.2. The molecule has 3 aromatic carbocycles. The fourth-order valence-corrected chi connectivity index (χ4v) is 7.56. The van der Waals surface area contributed by atoms with Gasteiger partial charge >= 0.3 is 20.6 Å². The Morgan fingerprint density at radius 2 is 1.31 bits per heavy atom. The van der Waals surface area contributed by atoms with Crippen LogP contribution in [0.4, 0.5) is 4.79 Å². The number of aliphatic carboxylic acids is 1. The van der Waals surface area contributed by atoms with Crippen molar-refractivity contribution in [3.8, 4) is 0 Å². The highest BCUT2D eigenvalue weighted by Crippen LogP contribution is 2.22. The van der Waals surface area contributed by atoms with Crippen molar-refractivity contribution in [1.29, 1.82) is 0 Å². The van der Waals surface area contributed by atoms with E-state index in [1.165, 1.54) is 0 Å². The summed E-state index contributed by atoms with van der Waals surface area (Å²) in [6.07, 6.45) is -0.652. The smallest absolute Gasteiger partial charge is 0.407 e. The van der Waals surface area contributed by atoms with Crippen LogP contribution in [0.2, 0.25) is 0 Å². The molecule has 1 amide bonds. The highest BCUT2D eigenvalue weighted by Gasteiger charge is 2.45. The Morgan fingerprint density at radius 1 is 0.795 bits per heavy atom. The molecule has 0 bridgehead atoms. The number of hydrogen-bond acceptors (Lipinski definition) is 5. The van der Waals surface area contributed by atoms with Crippen LogP contribution >= 0.6 is 0 Å². The van der Waals surface area contributed by atoms with Crippen molar-refractivity contribution in [2.24, 2.45) is 0 Å². The van der Waals surface area contributed by atoms with Gasteiger partial charge in [-0.1, -0.05) is 84.9 Å². The number of benzene rings is 3. The van der Waals surface area contributed by atoms with Crippen LogP contribution in [0.1, 0.15) is 58.6 Å². The number of carboxylic acids is 1. The van der Waals surface area contributed by atoms with Crippen LogP contribution in [-0.2, 0) is 25.0 Å². The molecule has 0 aliphatic carbocycles. The minimum absolute atomic E-state index is 0.0858. The quantitative estimate of drug-likeness (QED) is 0.347. The molecule has 0 fully saturated rings. The molecule has 3 rings (SSSR count). The van der Waals surface area contributed by atoms with Crippen molar-refractivity contribution < 1.29 is 28.3 Å². The van der Waals surface area contributed by atoms with E-state index in [-0.39, 0.29) is 13.2 Å². The van der Waals surface area contributed by atoms with Gasteiger partial charge in [-0.05, 0) is 63.0 Å². The third kappa shape index (κ3) is 8.78. The van der Waals surface area contributed by atoms with Gasteiger partial charge in [-0.2, -0.15) is 0 Å². The zero-order valence-corrected chi connectivity index (χ0v) is 24.6. The third-order valence-corrected chi connectivity index (χ3v) is 9.37. The zero-order valence-electron chi connectivity index (χ0n) is 23.6. The molecular weight excluding hydrogens is 510 g/mol. The molecule has 7 nitrogen and oxygen atoms in total. The first-order chi connectivity index (χ1) is 18.3. The number of ether oxygens (including phenoxy) is 1. The minimum atomic E-state index is -3.12. The molecule has 208 valence electrons. The highest BCUT2D eigenvalue weighted by atomic mass is 28.4. The van der Waals surface area contributed by atoms with E-state index >= 15 is 0 Å². The highest BCUT2D eigenvalue weighted by molar-refractivity contribution is 6.92. The monoisotopic (exact) mass is 549 g/mol. The predicted molar refractivity (Wildman–Crippen MR) is 155 cm³/mol. The van der Waals surface area contributed by atoms with E-state index in [9.17, 15) is 14.7 Å². The maximum Gasteiger partial charge on any atom is 0.407 e. The zero-order chi connectivity index (χ0) is 28.7. The molecular formula is C31H39NO6Si. The van der Waals surface area contributed by atoms with E-state index in [0.29, 0.717) is 5.56 Å². The minimum Gasteiger partial charge on any atom is -0.481 e. The second-order valence-electron chi connectivity index (χ2n) is 11.4. The van der Waals surface area contributed by atoms with Gasteiger partial charge in [-0.25, -0.2) is 4.79 Å². The van der Waals surface area contributed by atoms with Crippen LogP contribution in [0.25, 0.3) is 0 Å². The Balaban J connectivity index is 1.83. The molecule has 8 heteroatoms. The molecule has 1 atom stereocenters. The number of carbonyl (C=O) groups is 2. The lowest BCUT2D eigenvalue weighted by atomic mass is 9.98. The SMILES string of the molecule is CC(C)(C)OC(=O)NC[C@@H](C(=O)O)c1ccc(CO[Si](OC(C)(C)C)(c2ccccc2)c2ccccc2)cc1. The van der Waals surface area contributed by atoms with Gasteiger partial charge in [-0.3, -0.25) is 4.79 Å². The summed E-state index contributed by atoms with van der Waals surface area (Å²) >= 11 is 0. The predicted octanol–water partition coefficient (Wildman–Crippen LogP) is 4.97. The number of amides is 1. The molecule has 0 aromatic heterocycles. The molecule has 2 N–H and O–H groups in total. The summed E-state index contributed by atoms with van der Waals surface area (Å²) in [5, 5.41) is 14.3. The fourth-order valence-electron chi connectivity index (χ4n) is 4.11. The van der Waals surface area contributed by atoms with Crippen LogP contribution in [0.15, 0.2) is 84.9 Å². The third-order valence-electron chi connectivity index (χ3n) is 5.73. The van der Waals surface area contributed by atoms with E-state index in [0.717, 1.165) is 15.9 Å². The van der Waals surface area contributed by atoms with Gasteiger partial charge in [0.25, 0.3) is 0 Å². The number of rotatable bonds is 10. The summed E-state index contributed by atoms with van der Waals surface area (Å²) in [5.41, 5.74) is 0.323. The van der Waals surface area contributed by atoms with Gasteiger partial charge < -0.3 is 24.0 Å². The lowest BCUT2D eigenvalue weighted by Crippen LogP contribution is -2.65. The van der Waals surface area contributed by atoms with Gasteiger partial charge in [0.1, 0.15) is 5.60 Å². The van der Waals surface area contributed by atoms with Crippen LogP contribution in [-0.4, -0.2) is 43.5 Å². The summed E-state index contributed by atoms with van der Waals surface area (Å²) in [5.74, 6) is -1.95. The Morgan fingerprint density at radius 3 is 1.74 bits per heavy atom. The number of carbonyl (C=O) groups excluding carboxylic acids is 1. The molecule has 0 aliphatic rings. The first kappa shape index (κ1) is 30.1. The summed E-state index contributed by atoms with van der Waals surface area (Å²) in [6.45, 7) is 11.5. The fraction of sp³-hybridized carbons (Fsp3) is 0.355. The lowest BCUT2D eigenvalue weighted by molar-refractivity contribution is -0.138. The van der Waals surface area contributed by atoms with Gasteiger partial charge in [0.15, 0.2) is 0 Å². The Kier molecular flexibility index (Phi) is 9.71. The van der Waals surface area contributed by atoms with Crippen LogP contribution in [0, 0.1) is 0 Å². The summed E-state index contributed by atoms with van der Waals surface area (Å²) in [6, 6.07) is 27.3. The average Bonchev–Trinajstić information content (AvgIpc) is 2.86. The maximum absolute atomic E-state index is 12.0. The number of carboxylic acid groups (broad SMARTS) is 1. The molecule has 0 saturated carbocycles. The van der Waals surface area contributed by atoms with Crippen LogP contribution in [0.5, 0.6) is 0 Å². The van der Waals surface area contributed by atoms with Crippen molar-refractivity contribution in [1.82, 2.24) is 5.32 Å². The standard InChI is InChI=1S/C31H39NO6Si/c1-30(2,3)37-29(35)32-21-27(28(33)34)24-19-17-23(18-20-24)22-36-39(38-31(4,5)6,25-13-9-7-10-14-25)26-15-11-8-12-16-26/h7-20,27H,21-22H2,1-6H3,(H,32,35)(H,33,34)/t27-/m1/s1. The van der Waals surface area contributed by atoms with E-state index in [2.05, 4.69) is 5.32 Å². The molecule has 0 heterocycles. The van der Waals surface area contributed by atoms with Crippen molar-refractivity contribution in [3.05, 3.63) is 96.1 Å². The Hall–Kier alpha value is -3.46. The molecule has 0 aliphatic heterocycles. The Bertz CT molecular complexity index is 1180. The van der Waals surface area contributed by atoms with Crippen LogP contribution < -0.4 is 15.7 Å². The molecule has 0 radical (unpaired) electrons. The molecule has 0 saturated heterocycles. The molecule has 0 unspecified atom stereocenters. The van der Waals surface area contributed by atoms with Crippen molar-refractivity contribution in [2.45, 2.75) is 65.3 Å². The van der Waals surface area contributed by atoms with Gasteiger partial charge in [0.05, 0.1) is 18.1 Å². The number of alkyl carbamates (subject to hydrolysis) is 1. The van der Waals surface area contributed by atoms with Crippen molar-refractivity contribution in [2.75, 3.05) is 6.54 Å². The number of nitrogens with one attached hydrogen (secondary N) is 1. The lowest BCUT2D eigenvalue weighted by Gasteiger charge is -2.37. The van der Waals surface area contributed by atoms with E-state index in [4.69, 9.17) is 13.6 Å². The van der Waals surface area contributed by atoms with E-state index < -0.39 is 37.7 Å². The second kappa shape index (κ2) is 12.6. The molecule has 3 aromatic rings. The first-order valence-electron chi connectivity index (χ1n) is 13.0. The first-order valence-corrected chi connectivity index (χ1v) is 14.8. The molecule has 39 heavy (non-hydrogen) atoms. The van der Waals surface area contributed by atoms with Gasteiger partial charge in [-0.15, -0.1) is 0 Å². The maximum atomic E-state index is 12.0. The van der Waals surface area contributed by atoms with Gasteiger partial charge in [0.2, 0.25) is 0 Å². The van der Waals surface area contributed by atoms with Crippen molar-refractivity contribution >= 4 is 31.0 Å². The van der Waals surface area contributed by atoms with E-state index in [1.807, 2.05) is 93.6 Å². The van der Waals surface area contributed by atoms with E-state index in [1.54, 1.807) is 32.9 Å². The normalized spacial score (nSPS) is 13.0. The topological polar surface area (TPSA) is 94.1 Å². The largest absolute Gasteiger partial charge is 0.481 e.